The number of hydrogen-bond acceptors (Lipinski definition) is 4. The lowest BCUT2D eigenvalue weighted by Crippen LogP contribution is -2.08. The van der Waals surface area contributed by atoms with E-state index >= 15 is 0 Å². The van der Waals surface area contributed by atoms with E-state index in [1.165, 1.54) is 17.4 Å². The molecule has 3 nitrogen and oxygen atoms in total. The Morgan fingerprint density at radius 1 is 1.17 bits per heavy atom. The summed E-state index contributed by atoms with van der Waals surface area (Å²) in [6.45, 7) is 0. The lowest BCUT2D eigenvalue weighted by atomic mass is 10.3. The van der Waals surface area contributed by atoms with Crippen molar-refractivity contribution in [1.29, 1.82) is 0 Å². The molecular weight excluding hydrogens is 350 g/mol. The quantitative estimate of drug-likeness (QED) is 0.497. The predicted octanol–water partition coefficient (Wildman–Crippen LogP) is 5.26. The second-order valence-corrected chi connectivity index (χ2v) is 6.81. The third-order valence-electron chi connectivity index (χ3n) is 3.05. The van der Waals surface area contributed by atoms with Crippen molar-refractivity contribution < 1.29 is 13.6 Å². The molecule has 1 aromatic heterocycles. The molecule has 1 heterocycles. The third-order valence-corrected chi connectivity index (χ3v) is 4.84. The molecule has 0 bridgehead atoms. The molecule has 0 unspecified atom stereocenters. The van der Waals surface area contributed by atoms with Gasteiger partial charge in [-0.15, -0.1) is 11.3 Å². The van der Waals surface area contributed by atoms with Gasteiger partial charge < -0.3 is 5.32 Å². The monoisotopic (exact) mass is 362 g/mol. The summed E-state index contributed by atoms with van der Waals surface area (Å²) in [5, 5.41) is 3.33. The van der Waals surface area contributed by atoms with E-state index in [4.69, 9.17) is 0 Å². The number of alkyl halides is 2. The summed E-state index contributed by atoms with van der Waals surface area (Å²) < 4.78 is 26.1. The van der Waals surface area contributed by atoms with E-state index in [2.05, 4.69) is 10.3 Å². The first-order valence-electron chi connectivity index (χ1n) is 7.00. The van der Waals surface area contributed by atoms with Gasteiger partial charge in [0, 0.05) is 11.0 Å². The van der Waals surface area contributed by atoms with Gasteiger partial charge in [-0.3, -0.25) is 4.79 Å². The molecule has 2 aromatic carbocycles. The van der Waals surface area contributed by atoms with Gasteiger partial charge in [0.05, 0.1) is 15.9 Å². The maximum Gasteiger partial charge on any atom is 0.288 e. The molecule has 3 aromatic rings. The largest absolute Gasteiger partial charge is 0.321 e. The standard InChI is InChI=1S/C17H12F2N2OS2/c18-17(19)24-14-8-4-1-5-11(14)20-15(22)9-10-16-21-12-6-2-3-7-13(12)23-16/h1-10,17H,(H,20,22)/b10-9+. The molecular formula is C17H12F2N2OS2. The molecule has 0 aliphatic carbocycles. The molecule has 0 aliphatic heterocycles. The van der Waals surface area contributed by atoms with E-state index < -0.39 is 11.7 Å². The zero-order valence-electron chi connectivity index (χ0n) is 12.3. The van der Waals surface area contributed by atoms with Gasteiger partial charge in [0.25, 0.3) is 5.76 Å². The maximum absolute atomic E-state index is 12.5. The van der Waals surface area contributed by atoms with Crippen LogP contribution in [0.1, 0.15) is 5.01 Å². The number of nitrogens with one attached hydrogen (secondary N) is 1. The third kappa shape index (κ3) is 4.18. The summed E-state index contributed by atoms with van der Waals surface area (Å²) in [6, 6.07) is 14.2. The van der Waals surface area contributed by atoms with Crippen LogP contribution in [0.2, 0.25) is 0 Å². The van der Waals surface area contributed by atoms with E-state index in [0.717, 1.165) is 10.2 Å². The maximum atomic E-state index is 12.5. The number of benzene rings is 2. The van der Waals surface area contributed by atoms with Crippen molar-refractivity contribution >= 4 is 51.0 Å². The zero-order valence-corrected chi connectivity index (χ0v) is 13.9. The van der Waals surface area contributed by atoms with Crippen LogP contribution in [0.3, 0.4) is 0 Å². The lowest BCUT2D eigenvalue weighted by molar-refractivity contribution is -0.111. The highest BCUT2D eigenvalue weighted by molar-refractivity contribution is 7.99. The first-order chi connectivity index (χ1) is 11.6. The zero-order chi connectivity index (χ0) is 16.9. The number of hydrogen-bond donors (Lipinski definition) is 1. The molecule has 0 radical (unpaired) electrons. The molecule has 3 rings (SSSR count). The lowest BCUT2D eigenvalue weighted by Gasteiger charge is -2.08. The highest BCUT2D eigenvalue weighted by Gasteiger charge is 2.10. The molecule has 1 amide bonds. The number of para-hydroxylation sites is 2. The number of aromatic nitrogens is 1. The molecule has 0 saturated carbocycles. The number of anilines is 1. The number of fused-ring (bicyclic) bond motifs is 1. The minimum Gasteiger partial charge on any atom is -0.321 e. The van der Waals surface area contributed by atoms with Crippen molar-refractivity contribution in [2.24, 2.45) is 0 Å². The number of amides is 1. The molecule has 24 heavy (non-hydrogen) atoms. The second kappa shape index (κ2) is 7.55. The van der Waals surface area contributed by atoms with Crippen LogP contribution >= 0.6 is 23.1 Å². The average molecular weight is 362 g/mol. The Morgan fingerprint density at radius 3 is 2.71 bits per heavy atom. The van der Waals surface area contributed by atoms with Crippen molar-refractivity contribution in [3.63, 3.8) is 0 Å². The Labute approximate surface area is 145 Å². The topological polar surface area (TPSA) is 42.0 Å². The minimum atomic E-state index is -2.54. The molecule has 122 valence electrons. The highest BCUT2D eigenvalue weighted by Crippen LogP contribution is 2.31. The van der Waals surface area contributed by atoms with Crippen LogP contribution in [0.15, 0.2) is 59.5 Å². The van der Waals surface area contributed by atoms with Gasteiger partial charge in [-0.05, 0) is 30.3 Å². The second-order valence-electron chi connectivity index (χ2n) is 4.72. The fourth-order valence-electron chi connectivity index (χ4n) is 2.05. The normalized spacial score (nSPS) is 11.5. The number of carbonyl (C=O) groups is 1. The number of thiazole rings is 1. The van der Waals surface area contributed by atoms with Crippen LogP contribution in [0, 0.1) is 0 Å². The summed E-state index contributed by atoms with van der Waals surface area (Å²) in [6.07, 6.45) is 2.96. The van der Waals surface area contributed by atoms with Crippen molar-refractivity contribution in [3.05, 3.63) is 59.6 Å². The minimum absolute atomic E-state index is 0.328. The SMILES string of the molecule is O=C(/C=C/c1nc2ccccc2s1)Nc1ccccc1SC(F)F. The summed E-state index contributed by atoms with van der Waals surface area (Å²) >= 11 is 1.88. The predicted molar refractivity (Wildman–Crippen MR) is 95.6 cm³/mol. The van der Waals surface area contributed by atoms with Crippen LogP contribution in [-0.2, 0) is 4.79 Å². The number of rotatable bonds is 5. The first kappa shape index (κ1) is 16.6. The number of thioether (sulfide) groups is 1. The number of halogens is 2. The van der Waals surface area contributed by atoms with E-state index in [1.807, 2.05) is 24.3 Å². The van der Waals surface area contributed by atoms with Gasteiger partial charge in [0.15, 0.2) is 0 Å². The van der Waals surface area contributed by atoms with Gasteiger partial charge in [-0.2, -0.15) is 8.78 Å². The Balaban J connectivity index is 1.71. The van der Waals surface area contributed by atoms with Crippen LogP contribution in [0.5, 0.6) is 0 Å². The summed E-state index contributed by atoms with van der Waals surface area (Å²) in [4.78, 5) is 16.7. The van der Waals surface area contributed by atoms with E-state index in [1.54, 1.807) is 30.3 Å². The van der Waals surface area contributed by atoms with Crippen LogP contribution in [0.25, 0.3) is 16.3 Å². The number of carbonyl (C=O) groups excluding carboxylic acids is 1. The molecule has 0 fully saturated rings. The molecule has 0 spiro atoms. The van der Waals surface area contributed by atoms with E-state index in [9.17, 15) is 13.6 Å². The average Bonchev–Trinajstić information content (AvgIpc) is 2.97. The van der Waals surface area contributed by atoms with Crippen molar-refractivity contribution in [2.75, 3.05) is 5.32 Å². The Hall–Kier alpha value is -2.25. The van der Waals surface area contributed by atoms with Crippen LogP contribution in [0.4, 0.5) is 14.5 Å². The molecule has 0 aliphatic rings. The van der Waals surface area contributed by atoms with Crippen LogP contribution < -0.4 is 5.32 Å². The number of nitrogens with zero attached hydrogens (tertiary/aromatic N) is 1. The van der Waals surface area contributed by atoms with Crippen molar-refractivity contribution in [2.45, 2.75) is 10.7 Å². The summed E-state index contributed by atoms with van der Waals surface area (Å²) in [5.74, 6) is -2.93. The Kier molecular flexibility index (Phi) is 5.22. The smallest absolute Gasteiger partial charge is 0.288 e. The van der Waals surface area contributed by atoms with Gasteiger partial charge in [-0.1, -0.05) is 36.0 Å². The Morgan fingerprint density at radius 2 is 1.92 bits per heavy atom. The molecule has 7 heteroatoms. The Bertz CT molecular complexity index is 860. The highest BCUT2D eigenvalue weighted by atomic mass is 32.2. The van der Waals surface area contributed by atoms with E-state index in [-0.39, 0.29) is 0 Å². The molecule has 0 atom stereocenters. The first-order valence-corrected chi connectivity index (χ1v) is 8.70. The molecule has 1 N–H and O–H groups in total. The van der Waals surface area contributed by atoms with Crippen LogP contribution in [-0.4, -0.2) is 16.6 Å². The summed E-state index contributed by atoms with van der Waals surface area (Å²) in [7, 11) is 0. The van der Waals surface area contributed by atoms with Gasteiger partial charge in [0.1, 0.15) is 5.01 Å². The fraction of sp³-hybridized carbons (Fsp3) is 0.0588. The van der Waals surface area contributed by atoms with Crippen molar-refractivity contribution in [1.82, 2.24) is 4.98 Å². The van der Waals surface area contributed by atoms with Gasteiger partial charge in [-0.25, -0.2) is 4.98 Å². The fourth-order valence-corrected chi connectivity index (χ4v) is 3.52. The van der Waals surface area contributed by atoms with Crippen molar-refractivity contribution in [3.8, 4) is 0 Å². The molecule has 0 saturated heterocycles. The van der Waals surface area contributed by atoms with E-state index in [0.29, 0.717) is 27.4 Å². The van der Waals surface area contributed by atoms with Gasteiger partial charge >= 0.3 is 0 Å². The van der Waals surface area contributed by atoms with Gasteiger partial charge in [0.2, 0.25) is 5.91 Å². The summed E-state index contributed by atoms with van der Waals surface area (Å²) in [5.41, 5.74) is 1.24.